The normalized spacial score (nSPS) is 34.4. The third kappa shape index (κ3) is 1.13. The van der Waals surface area contributed by atoms with Crippen molar-refractivity contribution in [1.29, 1.82) is 0 Å². The fraction of sp³-hybridized carbons (Fsp3) is 0.857. The highest BCUT2D eigenvalue weighted by Gasteiger charge is 2.64. The van der Waals surface area contributed by atoms with Gasteiger partial charge in [0.1, 0.15) is 0 Å². The van der Waals surface area contributed by atoms with E-state index in [1.807, 2.05) is 6.92 Å². The second-order valence-electron chi connectivity index (χ2n) is 2.94. The van der Waals surface area contributed by atoms with Crippen molar-refractivity contribution in [2.45, 2.75) is 36.6 Å². The smallest absolute Gasteiger partial charge is 0.347 e. The van der Waals surface area contributed by atoms with Crippen LogP contribution in [0, 0.1) is 0 Å². The van der Waals surface area contributed by atoms with Crippen molar-refractivity contribution < 1.29 is 9.53 Å². The van der Waals surface area contributed by atoms with Crippen LogP contribution in [-0.2, 0) is 9.53 Å². The van der Waals surface area contributed by atoms with Crippen LogP contribution in [0.25, 0.3) is 0 Å². The molecule has 0 radical (unpaired) electrons. The Bertz CT molecular complexity index is 191. The van der Waals surface area contributed by atoms with Gasteiger partial charge in [0.25, 0.3) is 4.33 Å². The third-order valence-electron chi connectivity index (χ3n) is 1.97. The number of hydrogen-bond acceptors (Lipinski definition) is 2. The molecule has 0 amide bonds. The van der Waals surface area contributed by atoms with E-state index in [9.17, 15) is 4.79 Å². The van der Waals surface area contributed by atoms with Gasteiger partial charge in [-0.25, -0.2) is 4.79 Å². The second-order valence-corrected chi connectivity index (χ2v) is 4.27. The zero-order valence-corrected chi connectivity index (χ0v) is 8.00. The summed E-state index contributed by atoms with van der Waals surface area (Å²) < 4.78 is 3.55. The molecule has 1 atom stereocenters. The van der Waals surface area contributed by atoms with Crippen LogP contribution in [0.3, 0.4) is 0 Å². The number of hydrogen-bond donors (Lipinski definition) is 0. The monoisotopic (exact) mass is 196 g/mol. The number of carbonyl (C=O) groups is 1. The van der Waals surface area contributed by atoms with E-state index < -0.39 is 15.9 Å². The summed E-state index contributed by atoms with van der Waals surface area (Å²) in [7, 11) is 0. The number of cyclic esters (lactones) is 1. The minimum atomic E-state index is -1.33. The average Bonchev–Trinajstić information content (AvgIpc) is 1.88. The first-order valence-corrected chi connectivity index (χ1v) is 4.31. The fourth-order valence-corrected chi connectivity index (χ4v) is 1.53. The summed E-state index contributed by atoms with van der Waals surface area (Å²) in [5, 5.41) is 0. The lowest BCUT2D eigenvalue weighted by Gasteiger charge is -2.47. The van der Waals surface area contributed by atoms with Gasteiger partial charge in [0.05, 0.1) is 0 Å². The van der Waals surface area contributed by atoms with Crippen LogP contribution >= 0.6 is 23.2 Å². The first-order valence-electron chi connectivity index (χ1n) is 3.55. The lowest BCUT2D eigenvalue weighted by molar-refractivity contribution is -0.192. The van der Waals surface area contributed by atoms with Crippen LogP contribution in [0.15, 0.2) is 0 Å². The molecule has 0 N–H and O–H groups in total. The Morgan fingerprint density at radius 1 is 1.55 bits per heavy atom. The summed E-state index contributed by atoms with van der Waals surface area (Å²) in [6.07, 6.45) is 1.59. The average molecular weight is 197 g/mol. The van der Waals surface area contributed by atoms with E-state index in [-0.39, 0.29) is 0 Å². The van der Waals surface area contributed by atoms with Gasteiger partial charge in [0.15, 0.2) is 5.60 Å². The lowest BCUT2D eigenvalue weighted by Crippen LogP contribution is -2.64. The van der Waals surface area contributed by atoms with Gasteiger partial charge in [-0.2, -0.15) is 0 Å². The van der Waals surface area contributed by atoms with Crippen molar-refractivity contribution in [2.75, 3.05) is 0 Å². The zero-order valence-electron chi connectivity index (χ0n) is 6.49. The van der Waals surface area contributed by atoms with E-state index >= 15 is 0 Å². The van der Waals surface area contributed by atoms with Gasteiger partial charge < -0.3 is 4.74 Å². The first-order chi connectivity index (χ1) is 4.94. The van der Waals surface area contributed by atoms with Crippen molar-refractivity contribution in [3.63, 3.8) is 0 Å². The van der Waals surface area contributed by atoms with E-state index in [1.54, 1.807) is 6.92 Å². The maximum absolute atomic E-state index is 10.8. The summed E-state index contributed by atoms with van der Waals surface area (Å²) in [6.45, 7) is 3.74. The molecular weight excluding hydrogens is 187 g/mol. The van der Waals surface area contributed by atoms with Crippen molar-refractivity contribution in [2.24, 2.45) is 0 Å². The Morgan fingerprint density at radius 2 is 2.09 bits per heavy atom. The largest absolute Gasteiger partial charge is 0.453 e. The van der Waals surface area contributed by atoms with Gasteiger partial charge in [-0.3, -0.25) is 0 Å². The van der Waals surface area contributed by atoms with Crippen LogP contribution in [-0.4, -0.2) is 15.9 Å². The van der Waals surface area contributed by atoms with Gasteiger partial charge >= 0.3 is 5.97 Å². The second kappa shape index (κ2) is 2.53. The Labute approximate surface area is 75.8 Å². The maximum atomic E-state index is 10.8. The minimum Gasteiger partial charge on any atom is -0.453 e. The Balaban J connectivity index is 2.70. The molecule has 0 aromatic heterocycles. The molecule has 1 rings (SSSR count). The van der Waals surface area contributed by atoms with Crippen molar-refractivity contribution in [3.8, 4) is 0 Å². The van der Waals surface area contributed by atoms with E-state index in [4.69, 9.17) is 27.9 Å². The number of esters is 1. The van der Waals surface area contributed by atoms with Crippen LogP contribution < -0.4 is 0 Å². The van der Waals surface area contributed by atoms with Gasteiger partial charge in [0.2, 0.25) is 0 Å². The maximum Gasteiger partial charge on any atom is 0.347 e. The predicted octanol–water partition coefficient (Wildman–Crippen LogP) is 2.28. The fourth-order valence-electron chi connectivity index (χ4n) is 1.19. The van der Waals surface area contributed by atoms with E-state index in [2.05, 4.69) is 0 Å². The van der Waals surface area contributed by atoms with Crippen LogP contribution in [0.1, 0.15) is 26.7 Å². The highest BCUT2D eigenvalue weighted by atomic mass is 35.5. The standard InChI is InChI=1S/C7H10Cl2O2/c1-3-4-6(2)7(8,9)5(10)11-6/h3-4H2,1-2H3. The third-order valence-corrected chi connectivity index (χ3v) is 3.07. The molecule has 0 spiro atoms. The molecule has 0 aliphatic carbocycles. The van der Waals surface area contributed by atoms with Gasteiger partial charge in [-0.1, -0.05) is 36.5 Å². The van der Waals surface area contributed by atoms with Gasteiger partial charge in [-0.15, -0.1) is 0 Å². The Kier molecular flexibility index (Phi) is 2.10. The van der Waals surface area contributed by atoms with Crippen molar-refractivity contribution >= 4 is 29.2 Å². The molecule has 1 unspecified atom stereocenters. The van der Waals surface area contributed by atoms with E-state index in [0.717, 1.165) is 6.42 Å². The molecule has 4 heteroatoms. The number of carbonyl (C=O) groups excluding carboxylic acids is 1. The molecule has 1 heterocycles. The van der Waals surface area contributed by atoms with Crippen LogP contribution in [0.4, 0.5) is 0 Å². The molecule has 11 heavy (non-hydrogen) atoms. The van der Waals surface area contributed by atoms with Crippen molar-refractivity contribution in [1.82, 2.24) is 0 Å². The summed E-state index contributed by atoms with van der Waals surface area (Å²) >= 11 is 11.5. The van der Waals surface area contributed by atoms with Crippen molar-refractivity contribution in [3.05, 3.63) is 0 Å². The molecule has 0 aromatic rings. The van der Waals surface area contributed by atoms with Crippen LogP contribution in [0.5, 0.6) is 0 Å². The molecule has 0 saturated carbocycles. The van der Waals surface area contributed by atoms with E-state index in [1.165, 1.54) is 0 Å². The first kappa shape index (κ1) is 9.14. The molecule has 1 fully saturated rings. The molecule has 2 nitrogen and oxygen atoms in total. The minimum absolute atomic E-state index is 0.531. The lowest BCUT2D eigenvalue weighted by atomic mass is 9.90. The molecule has 1 aliphatic heterocycles. The Hall–Kier alpha value is 0.0500. The Morgan fingerprint density at radius 3 is 2.36 bits per heavy atom. The molecule has 0 aromatic carbocycles. The topological polar surface area (TPSA) is 26.3 Å². The highest BCUT2D eigenvalue weighted by Crippen LogP contribution is 2.49. The number of rotatable bonds is 2. The summed E-state index contributed by atoms with van der Waals surface area (Å²) in [5.41, 5.74) is -0.679. The molecule has 0 bridgehead atoms. The highest BCUT2D eigenvalue weighted by molar-refractivity contribution is 6.60. The molecule has 1 aliphatic rings. The predicted molar refractivity (Wildman–Crippen MR) is 43.8 cm³/mol. The molecular formula is C7H10Cl2O2. The summed E-state index contributed by atoms with van der Waals surface area (Å²) in [6, 6.07) is 0. The van der Waals surface area contributed by atoms with Gasteiger partial charge in [-0.05, 0) is 13.3 Å². The quantitative estimate of drug-likeness (QED) is 0.501. The molecule has 1 saturated heterocycles. The summed E-state index contributed by atoms with van der Waals surface area (Å²) in [5.74, 6) is -0.531. The summed E-state index contributed by atoms with van der Waals surface area (Å²) in [4.78, 5) is 10.8. The SMILES string of the molecule is CCCC1(C)OC(=O)C1(Cl)Cl. The van der Waals surface area contributed by atoms with Crippen LogP contribution in [0.2, 0.25) is 0 Å². The molecule has 64 valence electrons. The number of halogens is 2. The number of ether oxygens (including phenoxy) is 1. The zero-order chi connectivity index (χ0) is 8.70. The number of alkyl halides is 2. The van der Waals surface area contributed by atoms with Gasteiger partial charge in [0, 0.05) is 0 Å². The van der Waals surface area contributed by atoms with E-state index in [0.29, 0.717) is 6.42 Å².